The second kappa shape index (κ2) is 7.22. The molecule has 6 heteroatoms. The number of benzene rings is 1. The van der Waals surface area contributed by atoms with Crippen LogP contribution in [0.3, 0.4) is 0 Å². The Balaban J connectivity index is 2.22. The van der Waals surface area contributed by atoms with Crippen molar-refractivity contribution in [3.8, 4) is 5.75 Å². The van der Waals surface area contributed by atoms with Gasteiger partial charge in [-0.3, -0.25) is 0 Å². The first kappa shape index (κ1) is 14.8. The van der Waals surface area contributed by atoms with Gasteiger partial charge in [0.2, 0.25) is 0 Å². The summed E-state index contributed by atoms with van der Waals surface area (Å²) >= 11 is 12.9. The highest BCUT2D eigenvalue weighted by Crippen LogP contribution is 2.41. The molecular weight excluding hydrogens is 300 g/mol. The van der Waals surface area contributed by atoms with E-state index in [4.69, 9.17) is 28.6 Å². The molecule has 1 saturated heterocycles. The Labute approximate surface area is 128 Å². The largest absolute Gasteiger partial charge is 0.492 e. The Morgan fingerprint density at radius 3 is 3.11 bits per heavy atom. The van der Waals surface area contributed by atoms with Crippen LogP contribution in [-0.2, 0) is 0 Å². The van der Waals surface area contributed by atoms with Crippen molar-refractivity contribution in [2.75, 3.05) is 31.8 Å². The van der Waals surface area contributed by atoms with Crippen LogP contribution in [0.4, 0.5) is 0 Å². The molecule has 1 aliphatic rings. The molecule has 1 unspecified atom stereocenters. The SMILES string of the molecule is CNC(=S)N1CCSC1c1ccccc1OCCCl. The molecule has 1 aromatic carbocycles. The Kier molecular flexibility index (Phi) is 5.60. The highest BCUT2D eigenvalue weighted by Gasteiger charge is 2.30. The van der Waals surface area contributed by atoms with Crippen molar-refractivity contribution in [3.05, 3.63) is 29.8 Å². The molecular formula is C13H17ClN2OS2. The molecule has 1 heterocycles. The topological polar surface area (TPSA) is 24.5 Å². The third kappa shape index (κ3) is 3.46. The van der Waals surface area contributed by atoms with Crippen LogP contribution < -0.4 is 10.1 Å². The van der Waals surface area contributed by atoms with Crippen LogP contribution in [0.5, 0.6) is 5.75 Å². The number of alkyl halides is 1. The lowest BCUT2D eigenvalue weighted by Gasteiger charge is -2.27. The Hall–Kier alpha value is -0.650. The molecule has 0 radical (unpaired) electrons. The van der Waals surface area contributed by atoms with Gasteiger partial charge in [-0.15, -0.1) is 23.4 Å². The van der Waals surface area contributed by atoms with Crippen molar-refractivity contribution >= 4 is 40.7 Å². The first-order valence-electron chi connectivity index (χ1n) is 6.15. The van der Waals surface area contributed by atoms with Crippen molar-refractivity contribution in [2.45, 2.75) is 5.37 Å². The third-order valence-corrected chi connectivity index (χ3v) is 4.72. The van der Waals surface area contributed by atoms with E-state index in [1.165, 1.54) is 0 Å². The summed E-state index contributed by atoms with van der Waals surface area (Å²) in [7, 11) is 1.86. The number of thioether (sulfide) groups is 1. The zero-order chi connectivity index (χ0) is 13.7. The number of ether oxygens (including phenoxy) is 1. The first-order valence-corrected chi connectivity index (χ1v) is 8.14. The number of hydrogen-bond donors (Lipinski definition) is 1. The lowest BCUT2D eigenvalue weighted by atomic mass is 10.2. The average molecular weight is 317 g/mol. The molecule has 0 spiro atoms. The molecule has 2 rings (SSSR count). The minimum Gasteiger partial charge on any atom is -0.492 e. The van der Waals surface area contributed by atoms with Gasteiger partial charge in [-0.1, -0.05) is 18.2 Å². The van der Waals surface area contributed by atoms with Gasteiger partial charge in [0.25, 0.3) is 0 Å². The van der Waals surface area contributed by atoms with Gasteiger partial charge in [0.05, 0.1) is 5.88 Å². The summed E-state index contributed by atoms with van der Waals surface area (Å²) < 4.78 is 5.72. The predicted molar refractivity (Wildman–Crippen MR) is 86.2 cm³/mol. The molecule has 1 aliphatic heterocycles. The number of hydrogen-bond acceptors (Lipinski definition) is 3. The summed E-state index contributed by atoms with van der Waals surface area (Å²) in [5.41, 5.74) is 1.16. The van der Waals surface area contributed by atoms with E-state index in [2.05, 4.69) is 16.3 Å². The van der Waals surface area contributed by atoms with E-state index in [0.717, 1.165) is 28.7 Å². The lowest BCUT2D eigenvalue weighted by Crippen LogP contribution is -2.37. The summed E-state index contributed by atoms with van der Waals surface area (Å²) in [6.07, 6.45) is 0. The zero-order valence-electron chi connectivity index (χ0n) is 10.8. The highest BCUT2D eigenvalue weighted by atomic mass is 35.5. The maximum atomic E-state index is 5.72. The van der Waals surface area contributed by atoms with E-state index in [1.54, 1.807) is 0 Å². The molecule has 3 nitrogen and oxygen atoms in total. The highest BCUT2D eigenvalue weighted by molar-refractivity contribution is 7.99. The van der Waals surface area contributed by atoms with Crippen molar-refractivity contribution in [1.29, 1.82) is 0 Å². The van der Waals surface area contributed by atoms with Crippen LogP contribution >= 0.6 is 35.6 Å². The third-order valence-electron chi connectivity index (χ3n) is 2.89. The average Bonchev–Trinajstić information content (AvgIpc) is 2.93. The van der Waals surface area contributed by atoms with Crippen LogP contribution in [0.2, 0.25) is 0 Å². The van der Waals surface area contributed by atoms with Crippen LogP contribution in [0.15, 0.2) is 24.3 Å². The van der Waals surface area contributed by atoms with Crippen LogP contribution in [0.25, 0.3) is 0 Å². The molecule has 0 bridgehead atoms. The molecule has 19 heavy (non-hydrogen) atoms. The van der Waals surface area contributed by atoms with Gasteiger partial charge in [-0.05, 0) is 18.3 Å². The van der Waals surface area contributed by atoms with E-state index in [-0.39, 0.29) is 5.37 Å². The summed E-state index contributed by atoms with van der Waals surface area (Å²) in [5.74, 6) is 2.45. The molecule has 104 valence electrons. The van der Waals surface area contributed by atoms with E-state index in [9.17, 15) is 0 Å². The van der Waals surface area contributed by atoms with Crippen molar-refractivity contribution in [2.24, 2.45) is 0 Å². The Bertz CT molecular complexity index is 444. The molecule has 0 aromatic heterocycles. The van der Waals surface area contributed by atoms with E-state index in [1.807, 2.05) is 37.0 Å². The summed E-state index contributed by atoms with van der Waals surface area (Å²) in [5, 5.41) is 4.05. The second-order valence-corrected chi connectivity index (χ2v) is 6.00. The van der Waals surface area contributed by atoms with E-state index in [0.29, 0.717) is 12.5 Å². The number of halogens is 1. The molecule has 1 aromatic rings. The maximum absolute atomic E-state index is 5.72. The summed E-state index contributed by atoms with van der Waals surface area (Å²) in [6, 6.07) is 8.09. The number of nitrogens with one attached hydrogen (secondary N) is 1. The minimum atomic E-state index is 0.214. The van der Waals surface area contributed by atoms with Crippen molar-refractivity contribution < 1.29 is 4.74 Å². The molecule has 0 amide bonds. The fourth-order valence-electron chi connectivity index (χ4n) is 2.04. The summed E-state index contributed by atoms with van der Waals surface area (Å²) in [4.78, 5) is 2.20. The van der Waals surface area contributed by atoms with Gasteiger partial charge < -0.3 is 15.0 Å². The summed E-state index contributed by atoms with van der Waals surface area (Å²) in [6.45, 7) is 1.48. The molecule has 0 aliphatic carbocycles. The zero-order valence-corrected chi connectivity index (χ0v) is 13.2. The smallest absolute Gasteiger partial charge is 0.169 e. The van der Waals surface area contributed by atoms with Gasteiger partial charge >= 0.3 is 0 Å². The minimum absolute atomic E-state index is 0.214. The van der Waals surface area contributed by atoms with Crippen molar-refractivity contribution in [1.82, 2.24) is 10.2 Å². The molecule has 1 fully saturated rings. The van der Waals surface area contributed by atoms with Gasteiger partial charge in [-0.2, -0.15) is 0 Å². The lowest BCUT2D eigenvalue weighted by molar-refractivity contribution is 0.332. The maximum Gasteiger partial charge on any atom is 0.169 e. The molecule has 1 N–H and O–H groups in total. The van der Waals surface area contributed by atoms with E-state index >= 15 is 0 Å². The van der Waals surface area contributed by atoms with Gasteiger partial charge in [0.1, 0.15) is 17.7 Å². The van der Waals surface area contributed by atoms with Crippen LogP contribution in [0.1, 0.15) is 10.9 Å². The standard InChI is InChI=1S/C13H17ClN2OS2/c1-15-13(18)16-7-9-19-12(16)10-4-2-3-5-11(10)17-8-6-14/h2-5,12H,6-9H2,1H3,(H,15,18). The van der Waals surface area contributed by atoms with Gasteiger partial charge in [0.15, 0.2) is 5.11 Å². The van der Waals surface area contributed by atoms with Gasteiger partial charge in [0, 0.05) is 24.9 Å². The van der Waals surface area contributed by atoms with Crippen LogP contribution in [-0.4, -0.2) is 41.8 Å². The molecule has 1 atom stereocenters. The first-order chi connectivity index (χ1) is 9.27. The quantitative estimate of drug-likeness (QED) is 0.680. The van der Waals surface area contributed by atoms with E-state index < -0.39 is 0 Å². The number of para-hydroxylation sites is 1. The van der Waals surface area contributed by atoms with Crippen molar-refractivity contribution in [3.63, 3.8) is 0 Å². The Morgan fingerprint density at radius 1 is 1.58 bits per heavy atom. The number of nitrogens with zero attached hydrogens (tertiary/aromatic N) is 1. The predicted octanol–water partition coefficient (Wildman–Crippen LogP) is 2.86. The molecule has 0 saturated carbocycles. The number of rotatable bonds is 4. The monoisotopic (exact) mass is 316 g/mol. The fourth-order valence-corrected chi connectivity index (χ4v) is 3.67. The van der Waals surface area contributed by atoms with Crippen LogP contribution in [0, 0.1) is 0 Å². The normalized spacial score (nSPS) is 18.4. The number of thiocarbonyl (C=S) groups is 1. The van der Waals surface area contributed by atoms with Gasteiger partial charge in [-0.25, -0.2) is 0 Å². The second-order valence-electron chi connectivity index (χ2n) is 4.05. The Morgan fingerprint density at radius 2 is 2.37 bits per heavy atom. The fraction of sp³-hybridized carbons (Fsp3) is 0.462.